The lowest BCUT2D eigenvalue weighted by atomic mass is 10.1. The van der Waals surface area contributed by atoms with Crippen molar-refractivity contribution in [2.24, 2.45) is 5.18 Å². The highest BCUT2D eigenvalue weighted by atomic mass is 19.4. The van der Waals surface area contributed by atoms with E-state index in [0.717, 1.165) is 12.1 Å². The predicted molar refractivity (Wildman–Crippen MR) is 87.6 cm³/mol. The van der Waals surface area contributed by atoms with Crippen molar-refractivity contribution in [2.75, 3.05) is 0 Å². The van der Waals surface area contributed by atoms with E-state index >= 15 is 0 Å². The number of alkyl halides is 3. The fourth-order valence-corrected chi connectivity index (χ4v) is 2.76. The third kappa shape index (κ3) is 3.09. The van der Waals surface area contributed by atoms with Crippen LogP contribution in [-0.2, 0) is 12.7 Å². The molecule has 0 aliphatic rings. The third-order valence-electron chi connectivity index (χ3n) is 4.05. The number of aromatic amines is 1. The molecule has 1 unspecified atom stereocenters. The van der Waals surface area contributed by atoms with E-state index in [-0.39, 0.29) is 23.3 Å². The second-order valence-corrected chi connectivity index (χ2v) is 5.82. The van der Waals surface area contributed by atoms with Crippen LogP contribution in [0.4, 0.5) is 13.2 Å². The summed E-state index contributed by atoms with van der Waals surface area (Å²) in [5.74, 6) is 0.355. The minimum Gasteiger partial charge on any atom is -0.310 e. The Morgan fingerprint density at radius 2 is 1.92 bits per heavy atom. The van der Waals surface area contributed by atoms with E-state index in [4.69, 9.17) is 0 Å². The van der Waals surface area contributed by atoms with Crippen LogP contribution in [0.2, 0.25) is 0 Å². The quantitative estimate of drug-likeness (QED) is 0.718. The van der Waals surface area contributed by atoms with Gasteiger partial charge in [-0.1, -0.05) is 17.3 Å². The lowest BCUT2D eigenvalue weighted by Gasteiger charge is -2.15. The summed E-state index contributed by atoms with van der Waals surface area (Å²) in [7, 11) is 0. The molecule has 0 bridgehead atoms. The Hall–Kier alpha value is -3.04. The molecule has 0 aliphatic heterocycles. The molecular weight excluding hydrogens is 351 g/mol. The van der Waals surface area contributed by atoms with Gasteiger partial charge >= 0.3 is 6.18 Å². The summed E-state index contributed by atoms with van der Waals surface area (Å²) >= 11 is 0. The molecule has 3 aromatic rings. The molecule has 0 fully saturated rings. The minimum absolute atomic E-state index is 0.147. The van der Waals surface area contributed by atoms with Crippen molar-refractivity contribution in [3.8, 4) is 0 Å². The highest BCUT2D eigenvalue weighted by Gasteiger charge is 2.30. The van der Waals surface area contributed by atoms with E-state index in [1.165, 1.54) is 16.8 Å². The van der Waals surface area contributed by atoms with Gasteiger partial charge in [-0.15, -0.1) is 0 Å². The van der Waals surface area contributed by atoms with Gasteiger partial charge in [-0.05, 0) is 31.5 Å². The van der Waals surface area contributed by atoms with Crippen LogP contribution in [0.1, 0.15) is 35.6 Å². The summed E-state index contributed by atoms with van der Waals surface area (Å²) < 4.78 is 39.6. The first-order valence-electron chi connectivity index (χ1n) is 7.66. The van der Waals surface area contributed by atoms with Gasteiger partial charge in [0.15, 0.2) is 5.65 Å². The molecule has 0 amide bonds. The smallest absolute Gasteiger partial charge is 0.310 e. The number of benzene rings is 1. The summed E-state index contributed by atoms with van der Waals surface area (Å²) in [6.07, 6.45) is -4.42. The van der Waals surface area contributed by atoms with E-state index in [0.29, 0.717) is 11.4 Å². The van der Waals surface area contributed by atoms with Crippen molar-refractivity contribution in [3.05, 3.63) is 62.2 Å². The standard InChI is InChI=1S/C16H14F3N5O2/c1-8(10-3-5-11(6-4-10)16(17,18)19)24-14-13(12(23-24)7-20-26)15(25)22-9(2)21-14/h3-6,8H,7H2,1-2H3,(H,21,22,25). The third-order valence-corrected chi connectivity index (χ3v) is 4.05. The number of aryl methyl sites for hydroxylation is 1. The molecule has 0 spiro atoms. The summed E-state index contributed by atoms with van der Waals surface area (Å²) in [5.41, 5.74) is -0.236. The average Bonchev–Trinajstić information content (AvgIpc) is 2.92. The van der Waals surface area contributed by atoms with Crippen LogP contribution < -0.4 is 5.56 Å². The Bertz CT molecular complexity index is 1020. The number of aromatic nitrogens is 4. The fraction of sp³-hybridized carbons (Fsp3) is 0.312. The van der Waals surface area contributed by atoms with Crippen LogP contribution in [0, 0.1) is 11.8 Å². The molecule has 1 N–H and O–H groups in total. The van der Waals surface area contributed by atoms with Crippen LogP contribution in [0.15, 0.2) is 34.2 Å². The van der Waals surface area contributed by atoms with Gasteiger partial charge in [0.2, 0.25) is 0 Å². The zero-order chi connectivity index (χ0) is 19.1. The van der Waals surface area contributed by atoms with Gasteiger partial charge in [0.05, 0.1) is 11.6 Å². The summed E-state index contributed by atoms with van der Waals surface area (Å²) in [6, 6.07) is 4.15. The van der Waals surface area contributed by atoms with Crippen LogP contribution in [0.3, 0.4) is 0 Å². The van der Waals surface area contributed by atoms with Crippen molar-refractivity contribution < 1.29 is 13.2 Å². The van der Waals surface area contributed by atoms with Gasteiger partial charge in [-0.25, -0.2) is 9.67 Å². The van der Waals surface area contributed by atoms with Crippen molar-refractivity contribution in [1.82, 2.24) is 19.7 Å². The van der Waals surface area contributed by atoms with Crippen LogP contribution >= 0.6 is 0 Å². The SMILES string of the molecule is Cc1nc2c(c(CN=O)nn2C(C)c2ccc(C(F)(F)F)cc2)c(=O)[nH]1. The number of rotatable bonds is 4. The Balaban J connectivity index is 2.12. The van der Waals surface area contributed by atoms with Crippen LogP contribution in [-0.4, -0.2) is 19.7 Å². The predicted octanol–water partition coefficient (Wildman–Crippen LogP) is 3.32. The van der Waals surface area contributed by atoms with Gasteiger partial charge in [-0.3, -0.25) is 4.79 Å². The number of nitrogens with zero attached hydrogens (tertiary/aromatic N) is 4. The van der Waals surface area contributed by atoms with Gasteiger partial charge in [0.1, 0.15) is 23.4 Å². The maximum atomic E-state index is 12.7. The first kappa shape index (κ1) is 17.8. The molecule has 0 aliphatic carbocycles. The van der Waals surface area contributed by atoms with E-state index in [1.807, 2.05) is 0 Å². The number of nitrogens with one attached hydrogen (secondary N) is 1. The average molecular weight is 365 g/mol. The second kappa shape index (κ2) is 6.36. The molecule has 1 aromatic carbocycles. The van der Waals surface area contributed by atoms with Gasteiger partial charge < -0.3 is 4.98 Å². The highest BCUT2D eigenvalue weighted by Crippen LogP contribution is 2.31. The highest BCUT2D eigenvalue weighted by molar-refractivity contribution is 5.77. The second-order valence-electron chi connectivity index (χ2n) is 5.82. The zero-order valence-electron chi connectivity index (χ0n) is 13.8. The molecule has 0 saturated carbocycles. The number of fused-ring (bicyclic) bond motifs is 1. The van der Waals surface area contributed by atoms with Crippen molar-refractivity contribution >= 4 is 11.0 Å². The molecule has 0 saturated heterocycles. The van der Waals surface area contributed by atoms with Gasteiger partial charge in [-0.2, -0.15) is 23.2 Å². The minimum atomic E-state index is -4.42. The molecule has 1 atom stereocenters. The number of hydrogen-bond acceptors (Lipinski definition) is 5. The summed E-state index contributed by atoms with van der Waals surface area (Å²) in [6.45, 7) is 3.00. The van der Waals surface area contributed by atoms with E-state index < -0.39 is 23.3 Å². The summed E-state index contributed by atoms with van der Waals surface area (Å²) in [4.78, 5) is 29.6. The zero-order valence-corrected chi connectivity index (χ0v) is 13.8. The topological polar surface area (TPSA) is 93.0 Å². The Labute approximate surface area is 144 Å². The molecule has 136 valence electrons. The number of halogens is 3. The van der Waals surface area contributed by atoms with Crippen LogP contribution in [0.5, 0.6) is 0 Å². The monoisotopic (exact) mass is 365 g/mol. The molecule has 7 nitrogen and oxygen atoms in total. The lowest BCUT2D eigenvalue weighted by Crippen LogP contribution is -2.13. The van der Waals surface area contributed by atoms with Gasteiger partial charge in [0, 0.05) is 0 Å². The molecular formula is C16H14F3N5O2. The van der Waals surface area contributed by atoms with Crippen molar-refractivity contribution in [3.63, 3.8) is 0 Å². The molecule has 10 heteroatoms. The summed E-state index contributed by atoms with van der Waals surface area (Å²) in [5, 5.41) is 7.17. The van der Waals surface area contributed by atoms with Crippen molar-refractivity contribution in [1.29, 1.82) is 0 Å². The molecule has 2 aromatic heterocycles. The lowest BCUT2D eigenvalue weighted by molar-refractivity contribution is -0.137. The number of hydrogen-bond donors (Lipinski definition) is 1. The largest absolute Gasteiger partial charge is 0.416 e. The number of nitroso groups, excluding NO2 is 1. The normalized spacial score (nSPS) is 13.1. The van der Waals surface area contributed by atoms with E-state index in [2.05, 4.69) is 20.2 Å². The van der Waals surface area contributed by atoms with Crippen molar-refractivity contribution in [2.45, 2.75) is 32.6 Å². The Morgan fingerprint density at radius 1 is 1.27 bits per heavy atom. The van der Waals surface area contributed by atoms with E-state index in [1.54, 1.807) is 13.8 Å². The van der Waals surface area contributed by atoms with Crippen LogP contribution in [0.25, 0.3) is 11.0 Å². The van der Waals surface area contributed by atoms with Gasteiger partial charge in [0.25, 0.3) is 5.56 Å². The molecule has 0 radical (unpaired) electrons. The molecule has 2 heterocycles. The molecule has 26 heavy (non-hydrogen) atoms. The maximum absolute atomic E-state index is 12.7. The fourth-order valence-electron chi connectivity index (χ4n) is 2.76. The first-order chi connectivity index (χ1) is 12.2. The maximum Gasteiger partial charge on any atom is 0.416 e. The number of H-pyrrole nitrogens is 1. The Kier molecular flexibility index (Phi) is 4.34. The Morgan fingerprint density at radius 3 is 2.50 bits per heavy atom. The molecule has 3 rings (SSSR count). The first-order valence-corrected chi connectivity index (χ1v) is 7.66. The van der Waals surface area contributed by atoms with E-state index in [9.17, 15) is 22.9 Å².